The molecule has 0 aliphatic rings. The zero-order valence-corrected chi connectivity index (χ0v) is 20.2. The van der Waals surface area contributed by atoms with Gasteiger partial charge in [0, 0.05) is 8.59 Å². The number of benzene rings is 3. The highest BCUT2D eigenvalue weighted by Crippen LogP contribution is 2.25. The molecule has 9 heteroatoms. The molecule has 0 unspecified atom stereocenters. The van der Waals surface area contributed by atoms with Gasteiger partial charge in [0.25, 0.3) is 15.9 Å². The third-order valence-corrected chi connectivity index (χ3v) is 7.07. The molecule has 31 heavy (non-hydrogen) atoms. The largest absolute Gasteiger partial charge is 0.271 e. The zero-order valence-electron chi connectivity index (χ0n) is 16.5. The van der Waals surface area contributed by atoms with Crippen molar-refractivity contribution in [3.63, 3.8) is 0 Å². The first-order valence-electron chi connectivity index (χ1n) is 9.20. The van der Waals surface area contributed by atoms with Gasteiger partial charge in [0.05, 0.1) is 16.3 Å². The maximum Gasteiger partial charge on any atom is 0.264 e. The Balaban J connectivity index is 1.86. The summed E-state index contributed by atoms with van der Waals surface area (Å²) >= 11 is 8.26. The van der Waals surface area contributed by atoms with Gasteiger partial charge in [0.2, 0.25) is 0 Å². The maximum absolute atomic E-state index is 13.2. The van der Waals surface area contributed by atoms with Crippen LogP contribution in [-0.4, -0.2) is 26.6 Å². The Morgan fingerprint density at radius 2 is 1.71 bits per heavy atom. The van der Waals surface area contributed by atoms with Gasteiger partial charge in [-0.05, 0) is 77.5 Å². The second-order valence-electron chi connectivity index (χ2n) is 6.54. The minimum atomic E-state index is -4.00. The van der Waals surface area contributed by atoms with E-state index in [9.17, 15) is 13.2 Å². The number of rotatable bonds is 7. The highest BCUT2D eigenvalue weighted by Gasteiger charge is 2.27. The van der Waals surface area contributed by atoms with Crippen molar-refractivity contribution in [2.75, 3.05) is 10.8 Å². The number of halogens is 2. The monoisotopic (exact) mass is 567 g/mol. The first-order valence-corrected chi connectivity index (χ1v) is 12.1. The third kappa shape index (κ3) is 6.05. The lowest BCUT2D eigenvalue weighted by molar-refractivity contribution is -0.119. The average molecular weight is 568 g/mol. The van der Waals surface area contributed by atoms with Crippen molar-refractivity contribution in [3.8, 4) is 0 Å². The van der Waals surface area contributed by atoms with Crippen LogP contribution in [0.1, 0.15) is 12.5 Å². The molecule has 0 saturated carbocycles. The minimum absolute atomic E-state index is 0.0707. The van der Waals surface area contributed by atoms with E-state index < -0.39 is 22.5 Å². The van der Waals surface area contributed by atoms with Gasteiger partial charge in [-0.3, -0.25) is 9.10 Å². The topological polar surface area (TPSA) is 78.8 Å². The smallest absolute Gasteiger partial charge is 0.264 e. The van der Waals surface area contributed by atoms with E-state index in [4.69, 9.17) is 11.6 Å². The fraction of sp³-hybridized carbons (Fsp3) is 0.0909. The Hall–Kier alpha value is -2.43. The number of hydrazone groups is 1. The lowest BCUT2D eigenvalue weighted by Crippen LogP contribution is -2.39. The van der Waals surface area contributed by atoms with Crippen LogP contribution in [0.3, 0.4) is 0 Å². The number of anilines is 1. The van der Waals surface area contributed by atoms with E-state index in [1.807, 2.05) is 24.3 Å². The van der Waals surface area contributed by atoms with Crippen LogP contribution in [0, 0.1) is 3.57 Å². The van der Waals surface area contributed by atoms with Gasteiger partial charge in [0.15, 0.2) is 0 Å². The molecule has 0 aromatic heterocycles. The van der Waals surface area contributed by atoms with Crippen molar-refractivity contribution in [2.45, 2.75) is 11.8 Å². The molecule has 0 atom stereocenters. The molecule has 3 aromatic rings. The summed E-state index contributed by atoms with van der Waals surface area (Å²) in [5.74, 6) is -0.579. The van der Waals surface area contributed by atoms with Crippen LogP contribution in [0.5, 0.6) is 0 Å². The Labute approximate surface area is 200 Å². The van der Waals surface area contributed by atoms with E-state index in [1.165, 1.54) is 18.2 Å². The first kappa shape index (κ1) is 23.2. The fourth-order valence-electron chi connectivity index (χ4n) is 2.73. The van der Waals surface area contributed by atoms with Crippen LogP contribution in [0.2, 0.25) is 5.02 Å². The van der Waals surface area contributed by atoms with E-state index in [1.54, 1.807) is 43.3 Å². The number of sulfonamides is 1. The number of nitrogens with one attached hydrogen (secondary N) is 1. The van der Waals surface area contributed by atoms with Crippen molar-refractivity contribution in [1.29, 1.82) is 0 Å². The van der Waals surface area contributed by atoms with Crippen molar-refractivity contribution in [2.24, 2.45) is 5.10 Å². The highest BCUT2D eigenvalue weighted by molar-refractivity contribution is 14.1. The van der Waals surface area contributed by atoms with Crippen LogP contribution >= 0.6 is 34.2 Å². The van der Waals surface area contributed by atoms with Gasteiger partial charge < -0.3 is 0 Å². The third-order valence-electron chi connectivity index (χ3n) is 4.32. The van der Waals surface area contributed by atoms with Crippen LogP contribution in [0.4, 0.5) is 5.69 Å². The van der Waals surface area contributed by atoms with E-state index in [2.05, 4.69) is 33.1 Å². The second-order valence-corrected chi connectivity index (χ2v) is 10.1. The van der Waals surface area contributed by atoms with Crippen molar-refractivity contribution < 1.29 is 13.2 Å². The molecule has 0 fully saturated rings. The zero-order chi connectivity index (χ0) is 22.4. The van der Waals surface area contributed by atoms with E-state index in [-0.39, 0.29) is 10.6 Å². The Kier molecular flexibility index (Phi) is 7.69. The predicted molar refractivity (Wildman–Crippen MR) is 132 cm³/mol. The Morgan fingerprint density at radius 1 is 1.03 bits per heavy atom. The van der Waals surface area contributed by atoms with Gasteiger partial charge in [-0.1, -0.05) is 48.0 Å². The highest BCUT2D eigenvalue weighted by atomic mass is 127. The molecule has 0 aliphatic carbocycles. The molecule has 0 aliphatic heterocycles. The number of carbonyl (C=O) groups excluding carboxylic acids is 1. The normalized spacial score (nSPS) is 11.8. The van der Waals surface area contributed by atoms with Gasteiger partial charge in [0.1, 0.15) is 6.54 Å². The molecule has 0 heterocycles. The summed E-state index contributed by atoms with van der Waals surface area (Å²) in [5.41, 5.74) is 4.18. The standard InChI is InChI=1S/C22H19ClIN3O3S/c1-16(17-10-12-19(24)13-11-17)25-26-22(28)15-27(20-7-5-6-18(23)14-20)31(29,30)21-8-3-2-4-9-21/h2-14H,15H2,1H3,(H,26,28). The van der Waals surface area contributed by atoms with E-state index in [0.29, 0.717) is 10.7 Å². The summed E-state index contributed by atoms with van der Waals surface area (Å²) in [5, 5.41) is 4.47. The quantitative estimate of drug-likeness (QED) is 0.256. The predicted octanol–water partition coefficient (Wildman–Crippen LogP) is 4.68. The Morgan fingerprint density at radius 3 is 2.35 bits per heavy atom. The molecular formula is C22H19ClIN3O3S. The number of carbonyl (C=O) groups is 1. The average Bonchev–Trinajstić information content (AvgIpc) is 2.76. The number of hydrogen-bond acceptors (Lipinski definition) is 4. The maximum atomic E-state index is 13.2. The molecule has 1 amide bonds. The van der Waals surface area contributed by atoms with Crippen molar-refractivity contribution in [1.82, 2.24) is 5.43 Å². The first-order chi connectivity index (χ1) is 14.8. The molecule has 0 radical (unpaired) electrons. The van der Waals surface area contributed by atoms with Crippen LogP contribution in [0.25, 0.3) is 0 Å². The molecule has 0 bridgehead atoms. The fourth-order valence-corrected chi connectivity index (χ4v) is 4.71. The molecule has 3 rings (SSSR count). The Bertz CT molecular complexity index is 1200. The summed E-state index contributed by atoms with van der Waals surface area (Å²) in [6, 6.07) is 21.9. The van der Waals surface area contributed by atoms with E-state index in [0.717, 1.165) is 13.4 Å². The lowest BCUT2D eigenvalue weighted by Gasteiger charge is -2.23. The number of nitrogens with zero attached hydrogens (tertiary/aromatic N) is 2. The molecule has 6 nitrogen and oxygen atoms in total. The summed E-state index contributed by atoms with van der Waals surface area (Å²) < 4.78 is 28.6. The second kappa shape index (κ2) is 10.3. The van der Waals surface area contributed by atoms with Gasteiger partial charge >= 0.3 is 0 Å². The SMILES string of the molecule is CC(=NNC(=O)CN(c1cccc(Cl)c1)S(=O)(=O)c1ccccc1)c1ccc(I)cc1. The number of amides is 1. The van der Waals surface area contributed by atoms with Gasteiger partial charge in [-0.15, -0.1) is 0 Å². The van der Waals surface area contributed by atoms with E-state index >= 15 is 0 Å². The van der Waals surface area contributed by atoms with Gasteiger partial charge in [-0.25, -0.2) is 13.8 Å². The summed E-state index contributed by atoms with van der Waals surface area (Å²) in [6.07, 6.45) is 0. The van der Waals surface area contributed by atoms with Crippen molar-refractivity contribution in [3.05, 3.63) is 93.0 Å². The molecule has 0 saturated heterocycles. The summed E-state index contributed by atoms with van der Waals surface area (Å²) in [4.78, 5) is 12.7. The van der Waals surface area contributed by atoms with Gasteiger partial charge in [-0.2, -0.15) is 5.10 Å². The molecular weight excluding hydrogens is 549 g/mol. The number of hydrogen-bond donors (Lipinski definition) is 1. The van der Waals surface area contributed by atoms with Crippen LogP contribution in [-0.2, 0) is 14.8 Å². The summed E-state index contributed by atoms with van der Waals surface area (Å²) in [7, 11) is -4.00. The minimum Gasteiger partial charge on any atom is -0.271 e. The molecule has 3 aromatic carbocycles. The molecule has 0 spiro atoms. The lowest BCUT2D eigenvalue weighted by atomic mass is 10.1. The summed E-state index contributed by atoms with van der Waals surface area (Å²) in [6.45, 7) is 1.30. The van der Waals surface area contributed by atoms with Crippen LogP contribution in [0.15, 0.2) is 88.9 Å². The van der Waals surface area contributed by atoms with Crippen molar-refractivity contribution >= 4 is 61.5 Å². The molecule has 1 N–H and O–H groups in total. The van der Waals surface area contributed by atoms with Crippen LogP contribution < -0.4 is 9.73 Å². The molecule has 160 valence electrons.